The lowest BCUT2D eigenvalue weighted by Gasteiger charge is -2.08. The van der Waals surface area contributed by atoms with Crippen LogP contribution in [0.3, 0.4) is 0 Å². The van der Waals surface area contributed by atoms with E-state index in [1.165, 1.54) is 22.9 Å². The number of aromatic nitrogens is 4. The molecule has 3 rings (SSSR count). The molecule has 24 heavy (non-hydrogen) atoms. The van der Waals surface area contributed by atoms with Gasteiger partial charge in [-0.3, -0.25) is 0 Å². The molecule has 0 amide bonds. The number of tetrazole rings is 1. The van der Waals surface area contributed by atoms with Crippen molar-refractivity contribution in [1.29, 1.82) is 0 Å². The molecular formula is C15H14FN5O2S. The molecule has 2 aromatic carbocycles. The van der Waals surface area contributed by atoms with Crippen LogP contribution in [-0.4, -0.2) is 34.9 Å². The number of hydrogen-bond donors (Lipinski definition) is 1. The number of nitrogens with zero attached hydrogens (tertiary/aromatic N) is 4. The first-order valence-electron chi connectivity index (χ1n) is 7.01. The Morgan fingerprint density at radius 3 is 2.50 bits per heavy atom. The van der Waals surface area contributed by atoms with Gasteiger partial charge in [-0.15, -0.1) is 5.10 Å². The average Bonchev–Trinajstić information content (AvgIpc) is 3.02. The predicted molar refractivity (Wildman–Crippen MR) is 86.0 cm³/mol. The molecule has 0 radical (unpaired) electrons. The number of nitrogens with one attached hydrogen (secondary N) is 1. The molecule has 3 aromatic rings. The highest BCUT2D eigenvalue weighted by atomic mass is 32.2. The van der Waals surface area contributed by atoms with E-state index >= 15 is 0 Å². The number of benzene rings is 2. The minimum absolute atomic E-state index is 0.210. The minimum atomic E-state index is -3.26. The second-order valence-corrected chi connectivity index (χ2v) is 7.12. The lowest BCUT2D eigenvalue weighted by molar-refractivity contribution is 0.602. The summed E-state index contributed by atoms with van der Waals surface area (Å²) in [6, 6.07) is 12.5. The maximum absolute atomic E-state index is 13.6. The quantitative estimate of drug-likeness (QED) is 0.757. The van der Waals surface area contributed by atoms with Crippen molar-refractivity contribution in [1.82, 2.24) is 20.2 Å². The summed E-state index contributed by atoms with van der Waals surface area (Å²) in [5.74, 6) is 0.0967. The fraction of sp³-hybridized carbons (Fsp3) is 0.133. The summed E-state index contributed by atoms with van der Waals surface area (Å²) in [6.45, 7) is 0.210. The molecule has 1 N–H and O–H groups in total. The van der Waals surface area contributed by atoms with E-state index in [0.29, 0.717) is 17.2 Å². The summed E-state index contributed by atoms with van der Waals surface area (Å²) in [4.78, 5) is 0.213. The number of halogens is 1. The number of sulfone groups is 1. The van der Waals surface area contributed by atoms with Gasteiger partial charge in [-0.2, -0.15) is 4.68 Å². The predicted octanol–water partition coefficient (Wildman–Crippen LogP) is 1.82. The Kier molecular flexibility index (Phi) is 4.26. The van der Waals surface area contributed by atoms with Crippen LogP contribution in [0.4, 0.5) is 10.1 Å². The minimum Gasteiger partial charge on any atom is -0.375 e. The molecule has 7 nitrogen and oxygen atoms in total. The zero-order chi connectivity index (χ0) is 17.2. The Bertz CT molecular complexity index is 954. The fourth-order valence-corrected chi connectivity index (χ4v) is 2.76. The molecule has 0 aliphatic rings. The van der Waals surface area contributed by atoms with Crippen molar-refractivity contribution in [3.8, 4) is 5.69 Å². The summed E-state index contributed by atoms with van der Waals surface area (Å²) in [5, 5.41) is 14.3. The first kappa shape index (κ1) is 16.1. The number of hydrogen-bond acceptors (Lipinski definition) is 6. The maximum atomic E-state index is 13.6. The third-order valence-electron chi connectivity index (χ3n) is 3.35. The third-order valence-corrected chi connectivity index (χ3v) is 4.48. The Balaban J connectivity index is 1.82. The van der Waals surface area contributed by atoms with Gasteiger partial charge in [-0.05, 0) is 46.8 Å². The smallest absolute Gasteiger partial charge is 0.175 e. The van der Waals surface area contributed by atoms with E-state index in [4.69, 9.17) is 0 Å². The summed E-state index contributed by atoms with van der Waals surface area (Å²) >= 11 is 0. The van der Waals surface area contributed by atoms with Crippen LogP contribution in [0.1, 0.15) is 5.82 Å². The van der Waals surface area contributed by atoms with Gasteiger partial charge in [0.2, 0.25) is 0 Å². The highest BCUT2D eigenvalue weighted by Gasteiger charge is 2.11. The van der Waals surface area contributed by atoms with E-state index in [1.807, 2.05) is 0 Å². The number of anilines is 1. The van der Waals surface area contributed by atoms with E-state index in [2.05, 4.69) is 20.8 Å². The van der Waals surface area contributed by atoms with Crippen molar-refractivity contribution < 1.29 is 12.8 Å². The van der Waals surface area contributed by atoms with E-state index in [-0.39, 0.29) is 17.3 Å². The topological polar surface area (TPSA) is 89.8 Å². The van der Waals surface area contributed by atoms with Gasteiger partial charge >= 0.3 is 0 Å². The van der Waals surface area contributed by atoms with Gasteiger partial charge < -0.3 is 5.32 Å². The average molecular weight is 347 g/mol. The summed E-state index contributed by atoms with van der Waals surface area (Å²) < 4.78 is 38.1. The third kappa shape index (κ3) is 3.40. The van der Waals surface area contributed by atoms with Crippen molar-refractivity contribution in [2.45, 2.75) is 11.4 Å². The number of rotatable bonds is 5. The van der Waals surface area contributed by atoms with E-state index in [1.54, 1.807) is 30.3 Å². The number of para-hydroxylation sites is 1. The molecule has 0 fully saturated rings. The molecule has 0 bridgehead atoms. The second-order valence-electron chi connectivity index (χ2n) is 5.11. The highest BCUT2D eigenvalue weighted by Crippen LogP contribution is 2.16. The Morgan fingerprint density at radius 2 is 1.83 bits per heavy atom. The Morgan fingerprint density at radius 1 is 1.12 bits per heavy atom. The van der Waals surface area contributed by atoms with Gasteiger partial charge in [0.1, 0.15) is 5.82 Å². The highest BCUT2D eigenvalue weighted by molar-refractivity contribution is 7.90. The van der Waals surface area contributed by atoms with Crippen LogP contribution in [0.5, 0.6) is 0 Å². The zero-order valence-electron chi connectivity index (χ0n) is 12.7. The summed E-state index contributed by atoms with van der Waals surface area (Å²) in [5.41, 5.74) is 0.956. The largest absolute Gasteiger partial charge is 0.375 e. The summed E-state index contributed by atoms with van der Waals surface area (Å²) in [7, 11) is -3.26. The monoisotopic (exact) mass is 347 g/mol. The van der Waals surface area contributed by atoms with Crippen molar-refractivity contribution in [2.24, 2.45) is 0 Å². The molecule has 0 saturated carbocycles. The molecule has 1 aromatic heterocycles. The first-order valence-corrected chi connectivity index (χ1v) is 8.90. The Labute approximate surface area is 138 Å². The molecule has 0 unspecified atom stereocenters. The lowest BCUT2D eigenvalue weighted by atomic mass is 10.3. The Hall–Kier alpha value is -2.81. The first-order chi connectivity index (χ1) is 11.4. The van der Waals surface area contributed by atoms with Crippen molar-refractivity contribution in [2.75, 3.05) is 11.6 Å². The zero-order valence-corrected chi connectivity index (χ0v) is 13.5. The van der Waals surface area contributed by atoms with Gasteiger partial charge in [0.15, 0.2) is 15.7 Å². The second kappa shape index (κ2) is 6.36. The van der Waals surface area contributed by atoms with Crippen molar-refractivity contribution in [3.63, 3.8) is 0 Å². The van der Waals surface area contributed by atoms with E-state index in [0.717, 1.165) is 6.26 Å². The maximum Gasteiger partial charge on any atom is 0.175 e. The van der Waals surface area contributed by atoms with Crippen LogP contribution < -0.4 is 5.32 Å². The van der Waals surface area contributed by atoms with Gasteiger partial charge in [0.05, 0.1) is 22.8 Å². The molecule has 0 aliphatic heterocycles. The normalized spacial score (nSPS) is 11.4. The van der Waals surface area contributed by atoms with E-state index in [9.17, 15) is 12.8 Å². The molecule has 1 heterocycles. The fourth-order valence-electron chi connectivity index (χ4n) is 2.13. The van der Waals surface area contributed by atoms with Crippen LogP contribution in [0, 0.1) is 5.82 Å². The molecule has 0 saturated heterocycles. The van der Waals surface area contributed by atoms with Crippen LogP contribution >= 0.6 is 0 Å². The van der Waals surface area contributed by atoms with Crippen LogP contribution in [-0.2, 0) is 16.4 Å². The van der Waals surface area contributed by atoms with Gasteiger partial charge in [-0.1, -0.05) is 12.1 Å². The van der Waals surface area contributed by atoms with Crippen molar-refractivity contribution in [3.05, 3.63) is 60.2 Å². The van der Waals surface area contributed by atoms with E-state index < -0.39 is 9.84 Å². The van der Waals surface area contributed by atoms with Crippen molar-refractivity contribution >= 4 is 15.5 Å². The molecule has 0 atom stereocenters. The molecule has 9 heteroatoms. The van der Waals surface area contributed by atoms with Gasteiger partial charge in [-0.25, -0.2) is 12.8 Å². The standard InChI is InChI=1S/C15H14FN5O2S/c1-24(22,23)12-8-6-11(7-9-12)21-15(18-19-20-21)10-17-14-5-3-2-4-13(14)16/h2-9,17H,10H2,1H3. The molecule has 124 valence electrons. The molecule has 0 aliphatic carbocycles. The molecule has 0 spiro atoms. The molecular weight excluding hydrogens is 333 g/mol. The van der Waals surface area contributed by atoms with Crippen LogP contribution in [0.25, 0.3) is 5.69 Å². The SMILES string of the molecule is CS(=O)(=O)c1ccc(-n2nnnc2CNc2ccccc2F)cc1. The van der Waals surface area contributed by atoms with Crippen LogP contribution in [0.15, 0.2) is 53.4 Å². The van der Waals surface area contributed by atoms with Crippen LogP contribution in [0.2, 0.25) is 0 Å². The van der Waals surface area contributed by atoms with Gasteiger partial charge in [0, 0.05) is 6.26 Å². The summed E-state index contributed by atoms with van der Waals surface area (Å²) in [6.07, 6.45) is 1.14. The van der Waals surface area contributed by atoms with Gasteiger partial charge in [0.25, 0.3) is 0 Å². The lowest BCUT2D eigenvalue weighted by Crippen LogP contribution is -2.09.